The summed E-state index contributed by atoms with van der Waals surface area (Å²) in [5, 5.41) is 20.3. The quantitative estimate of drug-likeness (QED) is 0.529. The highest BCUT2D eigenvalue weighted by Crippen LogP contribution is 2.34. The first kappa shape index (κ1) is 21.4. The Labute approximate surface area is 163 Å². The number of sulfonamides is 1. The third kappa shape index (κ3) is 4.48. The predicted octanol–water partition coefficient (Wildman–Crippen LogP) is 3.58. The maximum absolute atomic E-state index is 13.4. The highest BCUT2D eigenvalue weighted by molar-refractivity contribution is 7.93. The zero-order valence-corrected chi connectivity index (χ0v) is 16.7. The largest absolute Gasteiger partial charge is 0.481 e. The van der Waals surface area contributed by atoms with E-state index in [2.05, 4.69) is 0 Å². The fourth-order valence-corrected chi connectivity index (χ4v) is 5.03. The molecule has 0 radical (unpaired) electrons. The molecule has 2 rings (SSSR count). The molecule has 0 bridgehead atoms. The van der Waals surface area contributed by atoms with Crippen LogP contribution in [0.4, 0.5) is 11.4 Å². The molecule has 8 nitrogen and oxygen atoms in total. The second-order valence-corrected chi connectivity index (χ2v) is 8.38. The average Bonchev–Trinajstić information content (AvgIpc) is 2.59. The van der Waals surface area contributed by atoms with Gasteiger partial charge in [-0.25, -0.2) is 8.42 Å². The van der Waals surface area contributed by atoms with E-state index in [0.717, 1.165) is 15.9 Å². The first-order valence-electron chi connectivity index (χ1n) is 8.61. The van der Waals surface area contributed by atoms with Crippen molar-refractivity contribution < 1.29 is 23.2 Å². The molecule has 0 atom stereocenters. The summed E-state index contributed by atoms with van der Waals surface area (Å²) in [6.07, 6.45) is -0.144. The van der Waals surface area contributed by atoms with Crippen molar-refractivity contribution >= 4 is 27.4 Å². The summed E-state index contributed by atoms with van der Waals surface area (Å²) in [6, 6.07) is 8.79. The number of anilines is 1. The molecule has 2 aromatic carbocycles. The van der Waals surface area contributed by atoms with Crippen molar-refractivity contribution in [2.45, 2.75) is 38.5 Å². The molecular weight excluding hydrogens is 384 g/mol. The monoisotopic (exact) mass is 406 g/mol. The van der Waals surface area contributed by atoms with Crippen molar-refractivity contribution in [1.29, 1.82) is 0 Å². The van der Waals surface area contributed by atoms with E-state index in [1.165, 1.54) is 18.2 Å². The van der Waals surface area contributed by atoms with Crippen LogP contribution in [0.3, 0.4) is 0 Å². The van der Waals surface area contributed by atoms with Crippen LogP contribution in [0.5, 0.6) is 0 Å². The third-order valence-electron chi connectivity index (χ3n) is 4.27. The highest BCUT2D eigenvalue weighted by atomic mass is 32.2. The Kier molecular flexibility index (Phi) is 6.40. The zero-order valence-electron chi connectivity index (χ0n) is 15.9. The highest BCUT2D eigenvalue weighted by Gasteiger charge is 2.33. The van der Waals surface area contributed by atoms with Crippen LogP contribution in [0.25, 0.3) is 0 Å². The molecule has 0 aliphatic rings. The van der Waals surface area contributed by atoms with Crippen LogP contribution in [0.2, 0.25) is 0 Å². The lowest BCUT2D eigenvalue weighted by molar-refractivity contribution is -0.387. The second kappa shape index (κ2) is 8.39. The molecule has 0 spiro atoms. The van der Waals surface area contributed by atoms with Gasteiger partial charge in [-0.3, -0.25) is 19.2 Å². The lowest BCUT2D eigenvalue weighted by Gasteiger charge is -2.27. The van der Waals surface area contributed by atoms with E-state index >= 15 is 0 Å². The summed E-state index contributed by atoms with van der Waals surface area (Å²) in [4.78, 5) is 21.1. The van der Waals surface area contributed by atoms with Crippen LogP contribution in [-0.4, -0.2) is 31.0 Å². The molecular formula is C19H22N2O6S. The summed E-state index contributed by atoms with van der Waals surface area (Å²) in [5.74, 6) is -1.04. The molecule has 28 heavy (non-hydrogen) atoms. The minimum atomic E-state index is -4.29. The van der Waals surface area contributed by atoms with Crippen LogP contribution in [0.15, 0.2) is 41.3 Å². The number of rotatable bonds is 8. The first-order chi connectivity index (χ1) is 13.1. The van der Waals surface area contributed by atoms with Crippen molar-refractivity contribution in [1.82, 2.24) is 0 Å². The molecule has 0 amide bonds. The van der Waals surface area contributed by atoms with E-state index in [4.69, 9.17) is 5.11 Å². The first-order valence-corrected chi connectivity index (χ1v) is 10.1. The van der Waals surface area contributed by atoms with E-state index in [1.807, 2.05) is 19.1 Å². The van der Waals surface area contributed by atoms with Gasteiger partial charge in [0.1, 0.15) is 0 Å². The molecule has 1 N–H and O–H groups in total. The molecule has 0 unspecified atom stereocenters. The average molecular weight is 406 g/mol. The Balaban J connectivity index is 2.65. The number of carbonyl (C=O) groups is 1. The summed E-state index contributed by atoms with van der Waals surface area (Å²) >= 11 is 0. The Morgan fingerprint density at radius 2 is 1.71 bits per heavy atom. The number of para-hydroxylation sites is 1. The van der Waals surface area contributed by atoms with E-state index < -0.39 is 31.5 Å². The maximum atomic E-state index is 13.4. The van der Waals surface area contributed by atoms with Gasteiger partial charge >= 0.3 is 5.97 Å². The van der Waals surface area contributed by atoms with Gasteiger partial charge < -0.3 is 5.11 Å². The molecule has 150 valence electrons. The summed E-state index contributed by atoms with van der Waals surface area (Å²) in [6.45, 7) is 5.30. The number of aliphatic carboxylic acids is 1. The molecule has 0 aliphatic heterocycles. The number of aryl methyl sites for hydroxylation is 3. The molecule has 0 saturated carbocycles. The summed E-state index contributed by atoms with van der Waals surface area (Å²) in [5.41, 5.74) is 2.22. The Morgan fingerprint density at radius 3 is 2.25 bits per heavy atom. The molecule has 0 aromatic heterocycles. The van der Waals surface area contributed by atoms with Crippen molar-refractivity contribution in [2.24, 2.45) is 0 Å². The minimum Gasteiger partial charge on any atom is -0.481 e. The van der Waals surface area contributed by atoms with Crippen molar-refractivity contribution in [3.8, 4) is 0 Å². The number of carboxylic acid groups (broad SMARTS) is 1. The number of hydrogen-bond acceptors (Lipinski definition) is 5. The minimum absolute atomic E-state index is 0.0714. The zero-order chi connectivity index (χ0) is 21.1. The van der Waals surface area contributed by atoms with Crippen molar-refractivity contribution in [3.63, 3.8) is 0 Å². The Morgan fingerprint density at radius 1 is 1.14 bits per heavy atom. The van der Waals surface area contributed by atoms with Gasteiger partial charge in [0.15, 0.2) is 4.90 Å². The van der Waals surface area contributed by atoms with Gasteiger partial charge in [-0.2, -0.15) is 0 Å². The van der Waals surface area contributed by atoms with Gasteiger partial charge in [0.2, 0.25) is 0 Å². The van der Waals surface area contributed by atoms with Crippen LogP contribution in [0, 0.1) is 30.9 Å². The van der Waals surface area contributed by atoms with Gasteiger partial charge in [0, 0.05) is 19.0 Å². The predicted molar refractivity (Wildman–Crippen MR) is 105 cm³/mol. The standard InChI is InChI=1S/C19H22N2O6S/c1-13-11-14(2)19(15(3)12-13)20(10-6-9-18(22)23)28(26,27)17-8-5-4-7-16(17)21(24)25/h4-5,7-8,11-12H,6,9-10H2,1-3H3,(H,22,23). The number of nitrogens with zero attached hydrogens (tertiary/aromatic N) is 2. The number of hydrogen-bond donors (Lipinski definition) is 1. The normalized spacial score (nSPS) is 11.2. The number of carboxylic acids is 1. The molecule has 0 saturated heterocycles. The molecule has 0 fully saturated rings. The fraction of sp³-hybridized carbons (Fsp3) is 0.316. The molecule has 2 aromatic rings. The summed E-state index contributed by atoms with van der Waals surface area (Å²) < 4.78 is 27.9. The number of benzene rings is 2. The van der Waals surface area contributed by atoms with Crippen molar-refractivity contribution in [3.05, 3.63) is 63.2 Å². The number of nitro benzene ring substituents is 1. The van der Waals surface area contributed by atoms with Crippen LogP contribution >= 0.6 is 0 Å². The van der Waals surface area contributed by atoms with Gasteiger partial charge in [0.25, 0.3) is 15.7 Å². The Bertz CT molecular complexity index is 994. The van der Waals surface area contributed by atoms with E-state index in [-0.39, 0.29) is 19.4 Å². The van der Waals surface area contributed by atoms with Crippen LogP contribution in [0.1, 0.15) is 29.5 Å². The molecule has 9 heteroatoms. The van der Waals surface area contributed by atoms with E-state index in [9.17, 15) is 23.3 Å². The van der Waals surface area contributed by atoms with E-state index in [0.29, 0.717) is 16.8 Å². The third-order valence-corrected chi connectivity index (χ3v) is 6.11. The topological polar surface area (TPSA) is 118 Å². The smallest absolute Gasteiger partial charge is 0.303 e. The summed E-state index contributed by atoms with van der Waals surface area (Å²) in [7, 11) is -4.29. The van der Waals surface area contributed by atoms with Crippen LogP contribution < -0.4 is 4.31 Å². The Hall–Kier alpha value is -2.94. The van der Waals surface area contributed by atoms with Gasteiger partial charge in [-0.05, 0) is 44.4 Å². The van der Waals surface area contributed by atoms with Crippen LogP contribution in [-0.2, 0) is 14.8 Å². The fourth-order valence-electron chi connectivity index (χ4n) is 3.24. The van der Waals surface area contributed by atoms with Gasteiger partial charge in [-0.15, -0.1) is 0 Å². The van der Waals surface area contributed by atoms with E-state index in [1.54, 1.807) is 13.8 Å². The number of nitro groups is 1. The molecule has 0 aliphatic carbocycles. The SMILES string of the molecule is Cc1cc(C)c(N(CCCC(=O)O)S(=O)(=O)c2ccccc2[N+](=O)[O-])c(C)c1. The van der Waals surface area contributed by atoms with Crippen molar-refractivity contribution in [2.75, 3.05) is 10.8 Å². The van der Waals surface area contributed by atoms with Gasteiger partial charge in [0.05, 0.1) is 10.6 Å². The lowest BCUT2D eigenvalue weighted by atomic mass is 10.0. The van der Waals surface area contributed by atoms with Gasteiger partial charge in [-0.1, -0.05) is 29.8 Å². The maximum Gasteiger partial charge on any atom is 0.303 e. The molecule has 0 heterocycles. The second-order valence-electron chi connectivity index (χ2n) is 6.55. The lowest BCUT2D eigenvalue weighted by Crippen LogP contribution is -2.34.